The van der Waals surface area contributed by atoms with Crippen molar-refractivity contribution in [2.24, 2.45) is 11.7 Å². The standard InChI is InChI=1S/C18H30N4O/c1-15(2)17(19)18(23)20-8-9-21-10-12-22(13-11-21)14-16-6-4-3-5-7-16/h3-7,15,17H,8-14,19H2,1-2H3,(H,20,23)/t17-/m0/s1. The van der Waals surface area contributed by atoms with Crippen molar-refractivity contribution >= 4 is 5.91 Å². The molecule has 0 saturated carbocycles. The van der Waals surface area contributed by atoms with Gasteiger partial charge in [-0.2, -0.15) is 0 Å². The second kappa shape index (κ2) is 9.01. The molecular weight excluding hydrogens is 288 g/mol. The quantitative estimate of drug-likeness (QED) is 0.784. The summed E-state index contributed by atoms with van der Waals surface area (Å²) in [6, 6.07) is 10.2. The van der Waals surface area contributed by atoms with Crippen molar-refractivity contribution in [3.63, 3.8) is 0 Å². The summed E-state index contributed by atoms with van der Waals surface area (Å²) < 4.78 is 0. The average molecular weight is 318 g/mol. The summed E-state index contributed by atoms with van der Waals surface area (Å²) in [5.74, 6) is 0.138. The molecule has 2 rings (SSSR count). The molecule has 1 saturated heterocycles. The zero-order valence-corrected chi connectivity index (χ0v) is 14.4. The van der Waals surface area contributed by atoms with Crippen LogP contribution in [0.2, 0.25) is 0 Å². The minimum Gasteiger partial charge on any atom is -0.353 e. The van der Waals surface area contributed by atoms with Gasteiger partial charge in [-0.15, -0.1) is 0 Å². The molecule has 1 aliphatic heterocycles. The van der Waals surface area contributed by atoms with Crippen LogP contribution in [0.25, 0.3) is 0 Å². The van der Waals surface area contributed by atoms with Gasteiger partial charge in [0.25, 0.3) is 0 Å². The summed E-state index contributed by atoms with van der Waals surface area (Å²) in [4.78, 5) is 16.7. The molecule has 5 nitrogen and oxygen atoms in total. The van der Waals surface area contributed by atoms with E-state index in [9.17, 15) is 4.79 Å². The third-order valence-electron chi connectivity index (χ3n) is 4.46. The molecule has 23 heavy (non-hydrogen) atoms. The number of amides is 1. The van der Waals surface area contributed by atoms with Gasteiger partial charge in [0.2, 0.25) is 5.91 Å². The van der Waals surface area contributed by atoms with E-state index < -0.39 is 6.04 Å². The molecular formula is C18H30N4O. The molecule has 0 radical (unpaired) electrons. The smallest absolute Gasteiger partial charge is 0.237 e. The second-order valence-electron chi connectivity index (χ2n) is 6.66. The lowest BCUT2D eigenvalue weighted by Crippen LogP contribution is -2.50. The van der Waals surface area contributed by atoms with Crippen LogP contribution in [0, 0.1) is 5.92 Å². The Hall–Kier alpha value is -1.43. The lowest BCUT2D eigenvalue weighted by molar-refractivity contribution is -0.123. The summed E-state index contributed by atoms with van der Waals surface area (Å²) in [5.41, 5.74) is 7.21. The summed E-state index contributed by atoms with van der Waals surface area (Å²) in [7, 11) is 0. The molecule has 128 valence electrons. The van der Waals surface area contributed by atoms with E-state index in [0.717, 1.165) is 39.3 Å². The number of nitrogens with zero attached hydrogens (tertiary/aromatic N) is 2. The van der Waals surface area contributed by atoms with E-state index in [-0.39, 0.29) is 11.8 Å². The molecule has 1 aromatic rings. The highest BCUT2D eigenvalue weighted by molar-refractivity contribution is 5.81. The van der Waals surface area contributed by atoms with E-state index in [2.05, 4.69) is 45.4 Å². The number of rotatable bonds is 7. The summed E-state index contributed by atoms with van der Waals surface area (Å²) >= 11 is 0. The van der Waals surface area contributed by atoms with Gasteiger partial charge in [-0.3, -0.25) is 14.6 Å². The number of hydrogen-bond donors (Lipinski definition) is 2. The second-order valence-corrected chi connectivity index (χ2v) is 6.66. The maximum atomic E-state index is 11.8. The van der Waals surface area contributed by atoms with E-state index in [0.29, 0.717) is 6.54 Å². The highest BCUT2D eigenvalue weighted by atomic mass is 16.2. The summed E-state index contributed by atoms with van der Waals surface area (Å²) in [6.45, 7) is 10.8. The number of piperazine rings is 1. The van der Waals surface area contributed by atoms with Crippen LogP contribution < -0.4 is 11.1 Å². The molecule has 1 heterocycles. The van der Waals surface area contributed by atoms with Gasteiger partial charge in [0.05, 0.1) is 6.04 Å². The minimum atomic E-state index is -0.405. The number of carbonyl (C=O) groups is 1. The minimum absolute atomic E-state index is 0.0392. The van der Waals surface area contributed by atoms with Crippen LogP contribution in [0.5, 0.6) is 0 Å². The average Bonchev–Trinajstić information content (AvgIpc) is 2.56. The Morgan fingerprint density at radius 3 is 2.35 bits per heavy atom. The van der Waals surface area contributed by atoms with Gasteiger partial charge in [0.15, 0.2) is 0 Å². The lowest BCUT2D eigenvalue weighted by atomic mass is 10.1. The van der Waals surface area contributed by atoms with Crippen LogP contribution in [-0.2, 0) is 11.3 Å². The lowest BCUT2D eigenvalue weighted by Gasteiger charge is -2.34. The topological polar surface area (TPSA) is 61.6 Å². The van der Waals surface area contributed by atoms with Gasteiger partial charge in [-0.25, -0.2) is 0 Å². The van der Waals surface area contributed by atoms with E-state index in [4.69, 9.17) is 5.73 Å². The van der Waals surface area contributed by atoms with Crippen LogP contribution in [0.15, 0.2) is 30.3 Å². The number of benzene rings is 1. The first-order valence-electron chi connectivity index (χ1n) is 8.58. The van der Waals surface area contributed by atoms with Gasteiger partial charge in [-0.1, -0.05) is 44.2 Å². The van der Waals surface area contributed by atoms with E-state index in [1.807, 2.05) is 13.8 Å². The van der Waals surface area contributed by atoms with Crippen molar-refractivity contribution in [1.29, 1.82) is 0 Å². The molecule has 3 N–H and O–H groups in total. The van der Waals surface area contributed by atoms with Gasteiger partial charge < -0.3 is 11.1 Å². The maximum Gasteiger partial charge on any atom is 0.237 e. The first-order chi connectivity index (χ1) is 11.1. The first kappa shape index (κ1) is 17.9. The third kappa shape index (κ3) is 5.94. The van der Waals surface area contributed by atoms with Crippen LogP contribution in [0.3, 0.4) is 0 Å². The molecule has 1 amide bonds. The van der Waals surface area contributed by atoms with Crippen LogP contribution >= 0.6 is 0 Å². The van der Waals surface area contributed by atoms with Crippen molar-refractivity contribution in [3.8, 4) is 0 Å². The van der Waals surface area contributed by atoms with E-state index in [1.165, 1.54) is 5.56 Å². The van der Waals surface area contributed by atoms with Gasteiger partial charge in [-0.05, 0) is 11.5 Å². The van der Waals surface area contributed by atoms with Crippen molar-refractivity contribution in [2.75, 3.05) is 39.3 Å². The molecule has 0 aromatic heterocycles. The molecule has 1 fully saturated rings. The van der Waals surface area contributed by atoms with Crippen LogP contribution in [0.1, 0.15) is 19.4 Å². The molecule has 0 unspecified atom stereocenters. The Bertz CT molecular complexity index is 469. The predicted octanol–water partition coefficient (Wildman–Crippen LogP) is 0.904. The molecule has 0 spiro atoms. The van der Waals surface area contributed by atoms with Crippen LogP contribution in [-0.4, -0.2) is 61.0 Å². The number of nitrogens with one attached hydrogen (secondary N) is 1. The number of hydrogen-bond acceptors (Lipinski definition) is 4. The Labute approximate surface area is 139 Å². The first-order valence-corrected chi connectivity index (χ1v) is 8.58. The zero-order valence-electron chi connectivity index (χ0n) is 14.4. The highest BCUT2D eigenvalue weighted by Crippen LogP contribution is 2.08. The van der Waals surface area contributed by atoms with Gasteiger partial charge in [0, 0.05) is 45.8 Å². The van der Waals surface area contributed by atoms with Crippen molar-refractivity contribution in [1.82, 2.24) is 15.1 Å². The highest BCUT2D eigenvalue weighted by Gasteiger charge is 2.19. The van der Waals surface area contributed by atoms with Gasteiger partial charge in [0.1, 0.15) is 0 Å². The van der Waals surface area contributed by atoms with Gasteiger partial charge >= 0.3 is 0 Å². The number of nitrogens with two attached hydrogens (primary N) is 1. The number of carbonyl (C=O) groups excluding carboxylic acids is 1. The maximum absolute atomic E-state index is 11.8. The molecule has 0 bridgehead atoms. The fraction of sp³-hybridized carbons (Fsp3) is 0.611. The predicted molar refractivity (Wildman–Crippen MR) is 94.0 cm³/mol. The fourth-order valence-corrected chi connectivity index (χ4v) is 2.77. The van der Waals surface area contributed by atoms with Crippen molar-refractivity contribution < 1.29 is 4.79 Å². The summed E-state index contributed by atoms with van der Waals surface area (Å²) in [6.07, 6.45) is 0. The van der Waals surface area contributed by atoms with Crippen LogP contribution in [0.4, 0.5) is 0 Å². The third-order valence-corrected chi connectivity index (χ3v) is 4.46. The monoisotopic (exact) mass is 318 g/mol. The van der Waals surface area contributed by atoms with E-state index in [1.54, 1.807) is 0 Å². The molecule has 1 aliphatic rings. The molecule has 5 heteroatoms. The fourth-order valence-electron chi connectivity index (χ4n) is 2.77. The van der Waals surface area contributed by atoms with Crippen molar-refractivity contribution in [3.05, 3.63) is 35.9 Å². The zero-order chi connectivity index (χ0) is 16.7. The normalized spacial score (nSPS) is 18.1. The Kier molecular flexibility index (Phi) is 7.02. The molecule has 0 aliphatic carbocycles. The molecule has 1 aromatic carbocycles. The summed E-state index contributed by atoms with van der Waals surface area (Å²) in [5, 5.41) is 2.94. The van der Waals surface area contributed by atoms with E-state index >= 15 is 0 Å². The Balaban J connectivity index is 1.62. The van der Waals surface area contributed by atoms with Crippen molar-refractivity contribution in [2.45, 2.75) is 26.4 Å². The SMILES string of the molecule is CC(C)[C@H](N)C(=O)NCCN1CCN(Cc2ccccc2)CC1. The largest absolute Gasteiger partial charge is 0.353 e. The Morgan fingerprint density at radius 1 is 1.13 bits per heavy atom. The molecule has 1 atom stereocenters. The Morgan fingerprint density at radius 2 is 1.74 bits per heavy atom.